The summed E-state index contributed by atoms with van der Waals surface area (Å²) in [6.45, 7) is 27.2. The van der Waals surface area contributed by atoms with E-state index in [1.165, 1.54) is 22.3 Å². The van der Waals surface area contributed by atoms with Crippen LogP contribution in [0.2, 0.25) is 0 Å². The van der Waals surface area contributed by atoms with Crippen molar-refractivity contribution in [2.75, 3.05) is 9.80 Å². The van der Waals surface area contributed by atoms with Crippen LogP contribution in [0.15, 0.2) is 152 Å². The predicted octanol–water partition coefficient (Wildman–Crippen LogP) is 15.2. The molecule has 0 radical (unpaired) electrons. The number of nitrogens with zero attached hydrogens (tertiary/aromatic N) is 4. The fourth-order valence-corrected chi connectivity index (χ4v) is 8.74. The van der Waals surface area contributed by atoms with Crippen molar-refractivity contribution in [1.82, 2.24) is 9.55 Å². The first kappa shape index (κ1) is 45.7. The van der Waals surface area contributed by atoms with E-state index in [0.717, 1.165) is 55.8 Å². The van der Waals surface area contributed by atoms with Crippen molar-refractivity contribution in [1.29, 1.82) is 0 Å². The number of fused-ring (bicyclic) bond motifs is 3. The summed E-state index contributed by atoms with van der Waals surface area (Å²) in [4.78, 5) is 9.44. The summed E-state index contributed by atoms with van der Waals surface area (Å²) < 4.78 is 9.22. The van der Waals surface area contributed by atoms with E-state index in [1.54, 1.807) is 0 Å². The molecule has 2 aromatic heterocycles. The van der Waals surface area contributed by atoms with Crippen molar-refractivity contribution in [3.63, 3.8) is 0 Å². The molecule has 0 saturated heterocycles. The van der Waals surface area contributed by atoms with Gasteiger partial charge in [0, 0.05) is 55.7 Å². The average molecular weight is 1040 g/mol. The molecule has 65 heavy (non-hydrogen) atoms. The minimum absolute atomic E-state index is 0. The average Bonchev–Trinajstić information content (AvgIpc) is 3.86. The first-order valence-electron chi connectivity index (χ1n) is 22.4. The minimum Gasteiger partial charge on any atom is -0.509 e. The van der Waals surface area contributed by atoms with Crippen molar-refractivity contribution in [2.45, 2.75) is 97.8 Å². The molecular formula is C59H59N4OPt-3. The molecule has 5 nitrogen and oxygen atoms in total. The van der Waals surface area contributed by atoms with Crippen LogP contribution in [-0.2, 0) is 42.7 Å². The van der Waals surface area contributed by atoms with Crippen molar-refractivity contribution in [3.05, 3.63) is 204 Å². The molecule has 334 valence electrons. The fraction of sp³-hybridized carbons (Fsp3) is 0.254. The fourth-order valence-electron chi connectivity index (χ4n) is 8.74. The van der Waals surface area contributed by atoms with Crippen LogP contribution < -0.4 is 14.5 Å². The molecule has 0 bridgehead atoms. The molecule has 0 spiro atoms. The maximum Gasteiger partial charge on any atom is 0.135 e. The maximum absolute atomic E-state index is 6.96. The summed E-state index contributed by atoms with van der Waals surface area (Å²) in [7, 11) is 0. The summed E-state index contributed by atoms with van der Waals surface area (Å²) in [5.41, 5.74) is 11.8. The third-order valence-electron chi connectivity index (χ3n) is 12.7. The number of hydrogen-bond donors (Lipinski definition) is 0. The van der Waals surface area contributed by atoms with Gasteiger partial charge in [0.2, 0.25) is 0 Å². The summed E-state index contributed by atoms with van der Waals surface area (Å²) in [5, 5.41) is 2.28. The summed E-state index contributed by atoms with van der Waals surface area (Å²) in [6, 6.07) is 57.0. The Hall–Kier alpha value is -5.90. The van der Waals surface area contributed by atoms with Crippen LogP contribution in [0.3, 0.4) is 0 Å². The number of hydrogen-bond acceptors (Lipinski definition) is 4. The molecule has 0 aliphatic carbocycles. The molecule has 0 amide bonds. The zero-order chi connectivity index (χ0) is 45.2. The molecule has 3 heterocycles. The number of pyridine rings is 1. The van der Waals surface area contributed by atoms with E-state index in [1.807, 2.05) is 18.3 Å². The largest absolute Gasteiger partial charge is 0.509 e. The van der Waals surface area contributed by atoms with Gasteiger partial charge in [-0.2, -0.15) is 6.07 Å². The number of anilines is 2. The molecule has 1 aliphatic rings. The molecule has 6 aromatic carbocycles. The van der Waals surface area contributed by atoms with E-state index >= 15 is 0 Å². The Balaban J connectivity index is 0.00000576. The van der Waals surface area contributed by atoms with E-state index in [4.69, 9.17) is 9.72 Å². The number of para-hydroxylation sites is 1. The third-order valence-corrected chi connectivity index (χ3v) is 12.7. The Bertz CT molecular complexity index is 3000. The summed E-state index contributed by atoms with van der Waals surface area (Å²) >= 11 is 0. The SMILES string of the molecule is CC(C)(C)c1cc(N2C=C(c3ccccc3)N(c3[c-]c(Oc4[c-]c5c(c(C(C)(C)c6ccccc6)c4)c4ccccc4n5-c4cc(C(C)(C)C)ccn4)ccc3)[CH-]2)cc(C(C)(C)C)c1.[Pt]. The topological polar surface area (TPSA) is 33.5 Å². The molecule has 9 rings (SSSR count). The predicted molar refractivity (Wildman–Crippen MR) is 268 cm³/mol. The molecule has 8 aromatic rings. The summed E-state index contributed by atoms with van der Waals surface area (Å²) in [5.74, 6) is 2.05. The number of ether oxygens (including phenoxy) is 1. The van der Waals surface area contributed by atoms with Crippen LogP contribution in [0.5, 0.6) is 11.5 Å². The monoisotopic (exact) mass is 1030 g/mol. The smallest absolute Gasteiger partial charge is 0.135 e. The van der Waals surface area contributed by atoms with E-state index in [9.17, 15) is 0 Å². The van der Waals surface area contributed by atoms with Gasteiger partial charge in [0.15, 0.2) is 0 Å². The van der Waals surface area contributed by atoms with Gasteiger partial charge < -0.3 is 19.1 Å². The van der Waals surface area contributed by atoms with Crippen LogP contribution in [0.1, 0.15) is 110 Å². The Labute approximate surface area is 401 Å². The Morgan fingerprint density at radius 3 is 1.86 bits per heavy atom. The van der Waals surface area contributed by atoms with Gasteiger partial charge in [-0.05, 0) is 91.4 Å². The van der Waals surface area contributed by atoms with Gasteiger partial charge in [-0.15, -0.1) is 48.3 Å². The van der Waals surface area contributed by atoms with Crippen LogP contribution in [0.4, 0.5) is 11.4 Å². The molecule has 6 heteroatoms. The molecular weight excluding hydrogens is 976 g/mol. The maximum atomic E-state index is 6.96. The molecule has 0 atom stereocenters. The quantitative estimate of drug-likeness (QED) is 0.142. The first-order valence-corrected chi connectivity index (χ1v) is 22.4. The normalized spacial score (nSPS) is 13.6. The summed E-state index contributed by atoms with van der Waals surface area (Å²) in [6.07, 6.45) is 4.15. The van der Waals surface area contributed by atoms with Gasteiger partial charge in [0.25, 0.3) is 0 Å². The van der Waals surface area contributed by atoms with Crippen molar-refractivity contribution >= 4 is 38.9 Å². The zero-order valence-electron chi connectivity index (χ0n) is 39.5. The number of aromatic nitrogens is 2. The molecule has 0 unspecified atom stereocenters. The first-order chi connectivity index (χ1) is 30.4. The Morgan fingerprint density at radius 2 is 1.20 bits per heavy atom. The zero-order valence-corrected chi connectivity index (χ0v) is 41.8. The minimum atomic E-state index is -0.394. The second-order valence-corrected chi connectivity index (χ2v) is 20.8. The Morgan fingerprint density at radius 1 is 0.569 bits per heavy atom. The second kappa shape index (κ2) is 17.1. The van der Waals surface area contributed by atoms with Crippen molar-refractivity contribution in [3.8, 4) is 17.3 Å². The molecule has 0 fully saturated rings. The van der Waals surface area contributed by atoms with Gasteiger partial charge in [-0.25, -0.2) is 4.98 Å². The molecule has 0 saturated carbocycles. The van der Waals surface area contributed by atoms with E-state index in [2.05, 4.69) is 243 Å². The van der Waals surface area contributed by atoms with Gasteiger partial charge in [0.1, 0.15) is 5.82 Å². The van der Waals surface area contributed by atoms with Crippen LogP contribution >= 0.6 is 0 Å². The van der Waals surface area contributed by atoms with Gasteiger partial charge in [0.05, 0.1) is 0 Å². The van der Waals surface area contributed by atoms with Gasteiger partial charge >= 0.3 is 0 Å². The second-order valence-electron chi connectivity index (χ2n) is 20.8. The van der Waals surface area contributed by atoms with Crippen LogP contribution in [-0.4, -0.2) is 9.55 Å². The molecule has 1 aliphatic heterocycles. The third kappa shape index (κ3) is 8.93. The van der Waals surface area contributed by atoms with Crippen LogP contribution in [0, 0.1) is 18.8 Å². The number of rotatable bonds is 8. The van der Waals surface area contributed by atoms with E-state index < -0.39 is 5.41 Å². The standard InChI is InChI=1S/C59H59N4O.Pt/c1-56(2,3)42-29-30-60-54(34-42)63-51-28-19-18-27-49(51)55-50(59(10,11)41-23-16-13-17-24-41)36-48(37-52(55)63)64-47-26-20-25-45(35-47)62-39-61(38-53(62)40-21-14-12-15-22-40)46-32-43(57(4,5)6)31-44(33-46)58(7,8)9;/h12-34,36,38-39H,1-11H3;/q-3;. The van der Waals surface area contributed by atoms with E-state index in [-0.39, 0.29) is 37.3 Å². The van der Waals surface area contributed by atoms with Crippen LogP contribution in [0.25, 0.3) is 33.3 Å². The number of benzene rings is 6. The van der Waals surface area contributed by atoms with Crippen molar-refractivity contribution in [2.24, 2.45) is 0 Å². The van der Waals surface area contributed by atoms with Crippen molar-refractivity contribution < 1.29 is 25.8 Å². The van der Waals surface area contributed by atoms with E-state index in [0.29, 0.717) is 11.5 Å². The Kier molecular flexibility index (Phi) is 12.0. The van der Waals surface area contributed by atoms with Gasteiger partial charge in [-0.3, -0.25) is 0 Å². The molecule has 0 N–H and O–H groups in total. The van der Waals surface area contributed by atoms with Gasteiger partial charge in [-0.1, -0.05) is 172 Å².